The number of rotatable bonds is 13. The third-order valence-electron chi connectivity index (χ3n) is 3.51. The third-order valence-corrected chi connectivity index (χ3v) is 3.51. The molecule has 0 aliphatic carbocycles. The number of aliphatic hydroxyl groups is 2. The SMILES string of the molecule is COCC(O)COCC(C)(C)COCC(O)COC(=O)c1cc(O)cc(O)c1. The van der Waals surface area contributed by atoms with E-state index in [0.717, 1.165) is 18.2 Å². The second-order valence-corrected chi connectivity index (χ2v) is 7.29. The van der Waals surface area contributed by atoms with E-state index in [1.807, 2.05) is 13.8 Å². The molecule has 28 heavy (non-hydrogen) atoms. The van der Waals surface area contributed by atoms with E-state index in [4.69, 9.17) is 18.9 Å². The first-order chi connectivity index (χ1) is 13.1. The van der Waals surface area contributed by atoms with Crippen LogP contribution >= 0.6 is 0 Å². The molecule has 0 aliphatic rings. The van der Waals surface area contributed by atoms with Crippen LogP contribution in [0.25, 0.3) is 0 Å². The van der Waals surface area contributed by atoms with Gasteiger partial charge in [0.15, 0.2) is 0 Å². The standard InChI is InChI=1S/C19H30O9/c1-19(2,11-26-8-16(22)7-25-3)12-27-9-17(23)10-28-18(24)13-4-14(20)6-15(21)5-13/h4-6,16-17,20-23H,7-12H2,1-3H3. The van der Waals surface area contributed by atoms with Crippen LogP contribution in [0.15, 0.2) is 18.2 Å². The van der Waals surface area contributed by atoms with Crippen LogP contribution in [-0.2, 0) is 18.9 Å². The van der Waals surface area contributed by atoms with Crippen LogP contribution in [0.3, 0.4) is 0 Å². The number of carbonyl (C=O) groups is 1. The molecular formula is C19H30O9. The highest BCUT2D eigenvalue weighted by Crippen LogP contribution is 2.21. The first kappa shape index (κ1) is 24.1. The van der Waals surface area contributed by atoms with Crippen molar-refractivity contribution in [3.05, 3.63) is 23.8 Å². The van der Waals surface area contributed by atoms with Crippen LogP contribution in [0.5, 0.6) is 11.5 Å². The zero-order valence-corrected chi connectivity index (χ0v) is 16.5. The summed E-state index contributed by atoms with van der Waals surface area (Å²) in [4.78, 5) is 11.9. The molecule has 0 saturated carbocycles. The Kier molecular flexibility index (Phi) is 10.2. The van der Waals surface area contributed by atoms with Gasteiger partial charge in [0.25, 0.3) is 0 Å². The fourth-order valence-electron chi connectivity index (χ4n) is 2.24. The van der Waals surface area contributed by atoms with Gasteiger partial charge in [0, 0.05) is 18.6 Å². The molecule has 160 valence electrons. The van der Waals surface area contributed by atoms with E-state index in [-0.39, 0.29) is 48.9 Å². The maximum Gasteiger partial charge on any atom is 0.338 e. The minimum absolute atomic E-state index is 0.0282. The number of methoxy groups -OCH3 is 1. The van der Waals surface area contributed by atoms with E-state index < -0.39 is 18.2 Å². The molecule has 0 aromatic heterocycles. The summed E-state index contributed by atoms with van der Waals surface area (Å²) in [6.45, 7) is 4.47. The molecule has 0 bridgehead atoms. The molecule has 2 atom stereocenters. The van der Waals surface area contributed by atoms with Crippen molar-refractivity contribution in [3.8, 4) is 11.5 Å². The van der Waals surface area contributed by atoms with Crippen molar-refractivity contribution < 1.29 is 44.2 Å². The van der Waals surface area contributed by atoms with Crippen molar-refractivity contribution in [2.24, 2.45) is 5.41 Å². The van der Waals surface area contributed by atoms with Crippen molar-refractivity contribution in [3.63, 3.8) is 0 Å². The van der Waals surface area contributed by atoms with Crippen molar-refractivity contribution in [1.29, 1.82) is 0 Å². The summed E-state index contributed by atoms with van der Waals surface area (Å²) in [6.07, 6.45) is -1.72. The number of ether oxygens (including phenoxy) is 4. The lowest BCUT2D eigenvalue weighted by Crippen LogP contribution is -2.31. The molecule has 4 N–H and O–H groups in total. The Morgan fingerprint density at radius 3 is 1.93 bits per heavy atom. The van der Waals surface area contributed by atoms with Crippen molar-refractivity contribution >= 4 is 5.97 Å². The smallest absolute Gasteiger partial charge is 0.338 e. The molecule has 9 nitrogen and oxygen atoms in total. The molecule has 0 amide bonds. The Morgan fingerprint density at radius 2 is 1.43 bits per heavy atom. The number of esters is 1. The number of phenolic OH excluding ortho intramolecular Hbond substituents is 2. The van der Waals surface area contributed by atoms with Gasteiger partial charge in [-0.25, -0.2) is 4.79 Å². The molecule has 0 saturated heterocycles. The number of phenols is 2. The summed E-state index contributed by atoms with van der Waals surface area (Å²) in [5.74, 6) is -1.32. The highest BCUT2D eigenvalue weighted by atomic mass is 16.5. The Balaban J connectivity index is 2.26. The first-order valence-electron chi connectivity index (χ1n) is 8.83. The van der Waals surface area contributed by atoms with Gasteiger partial charge >= 0.3 is 5.97 Å². The van der Waals surface area contributed by atoms with Gasteiger partial charge in [-0.05, 0) is 12.1 Å². The summed E-state index contributed by atoms with van der Waals surface area (Å²) in [5.41, 5.74) is -0.373. The second-order valence-electron chi connectivity index (χ2n) is 7.29. The lowest BCUT2D eigenvalue weighted by molar-refractivity contribution is -0.0621. The van der Waals surface area contributed by atoms with Gasteiger partial charge in [-0.15, -0.1) is 0 Å². The van der Waals surface area contributed by atoms with Gasteiger partial charge in [0.2, 0.25) is 0 Å². The van der Waals surface area contributed by atoms with Gasteiger partial charge < -0.3 is 39.4 Å². The summed E-state index contributed by atoms with van der Waals surface area (Å²) in [7, 11) is 1.50. The highest BCUT2D eigenvalue weighted by molar-refractivity contribution is 5.90. The number of carbonyl (C=O) groups excluding carboxylic acids is 1. The van der Waals surface area contributed by atoms with Crippen LogP contribution in [0.4, 0.5) is 0 Å². The molecule has 1 aromatic rings. The Morgan fingerprint density at radius 1 is 0.929 bits per heavy atom. The van der Waals surface area contributed by atoms with Gasteiger partial charge in [0.05, 0.1) is 38.6 Å². The Hall–Kier alpha value is -1.91. The van der Waals surface area contributed by atoms with Crippen molar-refractivity contribution in [1.82, 2.24) is 0 Å². The number of benzene rings is 1. The van der Waals surface area contributed by atoms with Gasteiger partial charge in [-0.2, -0.15) is 0 Å². The molecule has 0 spiro atoms. The molecule has 0 radical (unpaired) electrons. The predicted octanol–water partition coefficient (Wildman–Crippen LogP) is 0.682. The average molecular weight is 402 g/mol. The summed E-state index contributed by atoms with van der Waals surface area (Å²) >= 11 is 0. The summed E-state index contributed by atoms with van der Waals surface area (Å²) in [5, 5.41) is 38.1. The van der Waals surface area contributed by atoms with E-state index >= 15 is 0 Å². The first-order valence-corrected chi connectivity index (χ1v) is 8.83. The Labute approximate surface area is 164 Å². The summed E-state index contributed by atoms with van der Waals surface area (Å²) in [6, 6.07) is 3.39. The van der Waals surface area contributed by atoms with E-state index in [9.17, 15) is 25.2 Å². The third kappa shape index (κ3) is 9.86. The largest absolute Gasteiger partial charge is 0.508 e. The predicted molar refractivity (Wildman–Crippen MR) is 99.4 cm³/mol. The maximum absolute atomic E-state index is 11.9. The average Bonchev–Trinajstić information content (AvgIpc) is 2.58. The lowest BCUT2D eigenvalue weighted by Gasteiger charge is -2.25. The van der Waals surface area contributed by atoms with E-state index in [0.29, 0.717) is 13.2 Å². The van der Waals surface area contributed by atoms with Crippen LogP contribution < -0.4 is 0 Å². The maximum atomic E-state index is 11.9. The molecular weight excluding hydrogens is 372 g/mol. The zero-order valence-electron chi connectivity index (χ0n) is 16.5. The minimum atomic E-state index is -1.03. The van der Waals surface area contributed by atoms with E-state index in [2.05, 4.69) is 0 Å². The van der Waals surface area contributed by atoms with Crippen LogP contribution in [0.2, 0.25) is 0 Å². The Bertz CT molecular complexity index is 583. The fourth-order valence-corrected chi connectivity index (χ4v) is 2.24. The topological polar surface area (TPSA) is 135 Å². The lowest BCUT2D eigenvalue weighted by atomic mass is 9.96. The van der Waals surface area contributed by atoms with Crippen LogP contribution in [-0.4, -0.2) is 85.4 Å². The van der Waals surface area contributed by atoms with Gasteiger partial charge in [-0.1, -0.05) is 13.8 Å². The monoisotopic (exact) mass is 402 g/mol. The second kappa shape index (κ2) is 11.8. The number of aromatic hydroxyl groups is 2. The normalized spacial score (nSPS) is 13.9. The fraction of sp³-hybridized carbons (Fsp3) is 0.632. The van der Waals surface area contributed by atoms with E-state index in [1.165, 1.54) is 7.11 Å². The minimum Gasteiger partial charge on any atom is -0.508 e. The quantitative estimate of drug-likeness (QED) is 0.351. The van der Waals surface area contributed by atoms with Gasteiger partial charge in [-0.3, -0.25) is 0 Å². The molecule has 9 heteroatoms. The molecule has 2 unspecified atom stereocenters. The molecule has 1 rings (SSSR count). The highest BCUT2D eigenvalue weighted by Gasteiger charge is 2.21. The van der Waals surface area contributed by atoms with Crippen LogP contribution in [0.1, 0.15) is 24.2 Å². The summed E-state index contributed by atoms with van der Waals surface area (Å²) < 4.78 is 20.6. The molecule has 1 aromatic carbocycles. The number of hydrogen-bond donors (Lipinski definition) is 4. The van der Waals surface area contributed by atoms with Gasteiger partial charge in [0.1, 0.15) is 30.3 Å². The van der Waals surface area contributed by atoms with Crippen molar-refractivity contribution in [2.45, 2.75) is 26.1 Å². The zero-order chi connectivity index (χ0) is 21.2. The number of aliphatic hydroxyl groups excluding tert-OH is 2. The molecule has 0 heterocycles. The molecule has 0 fully saturated rings. The van der Waals surface area contributed by atoms with Crippen molar-refractivity contribution in [2.75, 3.05) is 46.8 Å². The van der Waals surface area contributed by atoms with E-state index in [1.54, 1.807) is 0 Å². The number of hydrogen-bond acceptors (Lipinski definition) is 9. The molecule has 0 aliphatic heterocycles. The van der Waals surface area contributed by atoms with Crippen LogP contribution in [0, 0.1) is 5.41 Å².